The molecule has 1 aliphatic rings. The molecular formula is C10H20N2O2S. The van der Waals surface area contributed by atoms with Crippen LogP contribution in [0.1, 0.15) is 19.3 Å². The Labute approximate surface area is 95.3 Å². The summed E-state index contributed by atoms with van der Waals surface area (Å²) in [5.41, 5.74) is 5.44. The van der Waals surface area contributed by atoms with Gasteiger partial charge in [-0.05, 0) is 19.1 Å². The molecule has 0 radical (unpaired) electrons. The molecule has 0 aromatic carbocycles. The quantitative estimate of drug-likeness (QED) is 0.665. The Hall–Kier alpha value is -0.260. The smallest absolute Gasteiger partial charge is 0.222 e. The minimum atomic E-state index is -0.158. The summed E-state index contributed by atoms with van der Waals surface area (Å²) in [7, 11) is 1.58. The lowest BCUT2D eigenvalue weighted by atomic mass is 10.2. The van der Waals surface area contributed by atoms with Gasteiger partial charge in [-0.1, -0.05) is 0 Å². The van der Waals surface area contributed by atoms with Crippen LogP contribution in [0, 0.1) is 0 Å². The molecule has 1 aliphatic carbocycles. The van der Waals surface area contributed by atoms with Crippen molar-refractivity contribution in [3.63, 3.8) is 0 Å². The Balaban J connectivity index is 2.18. The molecule has 0 heterocycles. The normalized spacial score (nSPS) is 19.7. The number of methoxy groups -OCH3 is 1. The van der Waals surface area contributed by atoms with Gasteiger partial charge in [0.1, 0.15) is 0 Å². The Morgan fingerprint density at radius 3 is 2.73 bits per heavy atom. The van der Waals surface area contributed by atoms with E-state index >= 15 is 0 Å². The van der Waals surface area contributed by atoms with Crippen molar-refractivity contribution in [3.8, 4) is 0 Å². The highest BCUT2D eigenvalue weighted by Gasteiger charge is 2.41. The summed E-state index contributed by atoms with van der Waals surface area (Å²) in [6, 6.07) is 0. The molecule has 5 heteroatoms. The summed E-state index contributed by atoms with van der Waals surface area (Å²) in [6.45, 7) is 1.16. The number of amides is 1. The number of rotatable bonds is 7. The minimum Gasteiger partial charge on any atom is -0.380 e. The largest absolute Gasteiger partial charge is 0.380 e. The monoisotopic (exact) mass is 232 g/mol. The van der Waals surface area contributed by atoms with E-state index < -0.39 is 0 Å². The summed E-state index contributed by atoms with van der Waals surface area (Å²) in [4.78, 5) is 11.5. The molecule has 0 bridgehead atoms. The van der Waals surface area contributed by atoms with Crippen molar-refractivity contribution in [1.29, 1.82) is 0 Å². The van der Waals surface area contributed by atoms with Gasteiger partial charge >= 0.3 is 0 Å². The predicted octanol–water partition coefficient (Wildman–Crippen LogP) is 0.362. The maximum Gasteiger partial charge on any atom is 0.222 e. The highest BCUT2D eigenvalue weighted by molar-refractivity contribution is 8.00. The molecule has 0 aromatic rings. The predicted molar refractivity (Wildman–Crippen MR) is 63.0 cm³/mol. The van der Waals surface area contributed by atoms with Gasteiger partial charge in [0.15, 0.2) is 0 Å². The van der Waals surface area contributed by atoms with E-state index in [2.05, 4.69) is 11.6 Å². The second-order valence-corrected chi connectivity index (χ2v) is 5.24. The number of carbonyl (C=O) groups is 1. The molecule has 15 heavy (non-hydrogen) atoms. The average molecular weight is 232 g/mol. The SMILES string of the molecule is COC(CN)CC(=O)NCC1(SC)CC1. The summed E-state index contributed by atoms with van der Waals surface area (Å²) in [6.07, 6.45) is 4.71. The van der Waals surface area contributed by atoms with E-state index in [4.69, 9.17) is 10.5 Å². The number of nitrogens with two attached hydrogens (primary N) is 1. The summed E-state index contributed by atoms with van der Waals surface area (Å²) >= 11 is 1.84. The van der Waals surface area contributed by atoms with Gasteiger partial charge in [0, 0.05) is 24.9 Å². The van der Waals surface area contributed by atoms with Crippen molar-refractivity contribution in [1.82, 2.24) is 5.32 Å². The van der Waals surface area contributed by atoms with Crippen LogP contribution in [-0.2, 0) is 9.53 Å². The molecule has 1 rings (SSSR count). The Bertz CT molecular complexity index is 215. The lowest BCUT2D eigenvalue weighted by molar-refractivity contribution is -0.123. The second kappa shape index (κ2) is 5.72. The number of ether oxygens (including phenoxy) is 1. The van der Waals surface area contributed by atoms with Gasteiger partial charge in [-0.3, -0.25) is 4.79 Å². The molecule has 1 amide bonds. The molecule has 0 aromatic heterocycles. The first-order chi connectivity index (χ1) is 7.15. The fourth-order valence-corrected chi connectivity index (χ4v) is 2.12. The first-order valence-electron chi connectivity index (χ1n) is 5.20. The Kier molecular flexibility index (Phi) is 4.89. The van der Waals surface area contributed by atoms with E-state index in [1.165, 1.54) is 12.8 Å². The molecule has 1 saturated carbocycles. The standard InChI is InChI=1S/C10H20N2O2S/c1-14-8(6-11)5-9(13)12-7-10(15-2)3-4-10/h8H,3-7,11H2,1-2H3,(H,12,13). The lowest BCUT2D eigenvalue weighted by Crippen LogP contribution is -2.36. The van der Waals surface area contributed by atoms with Crippen LogP contribution in [0.4, 0.5) is 0 Å². The zero-order chi connectivity index (χ0) is 11.3. The minimum absolute atomic E-state index is 0.0348. The Morgan fingerprint density at radius 2 is 2.33 bits per heavy atom. The van der Waals surface area contributed by atoms with Crippen molar-refractivity contribution in [3.05, 3.63) is 0 Å². The number of hydrogen-bond donors (Lipinski definition) is 2. The fraction of sp³-hybridized carbons (Fsp3) is 0.900. The van der Waals surface area contributed by atoms with Crippen molar-refractivity contribution < 1.29 is 9.53 Å². The average Bonchev–Trinajstić information content (AvgIpc) is 3.04. The first kappa shape index (κ1) is 12.8. The van der Waals surface area contributed by atoms with Crippen LogP contribution in [0.3, 0.4) is 0 Å². The molecule has 4 nitrogen and oxygen atoms in total. The zero-order valence-corrected chi connectivity index (χ0v) is 10.2. The van der Waals surface area contributed by atoms with E-state index in [0.29, 0.717) is 17.7 Å². The van der Waals surface area contributed by atoms with Crippen LogP contribution in [0.15, 0.2) is 0 Å². The molecule has 1 unspecified atom stereocenters. The van der Waals surface area contributed by atoms with Gasteiger partial charge in [-0.15, -0.1) is 0 Å². The molecule has 0 saturated heterocycles. The van der Waals surface area contributed by atoms with Crippen LogP contribution in [0.5, 0.6) is 0 Å². The van der Waals surface area contributed by atoms with E-state index in [-0.39, 0.29) is 12.0 Å². The van der Waals surface area contributed by atoms with Crippen LogP contribution in [0.25, 0.3) is 0 Å². The third-order valence-corrected chi connectivity index (χ3v) is 4.28. The third-order valence-electron chi connectivity index (χ3n) is 2.86. The fourth-order valence-electron chi connectivity index (χ4n) is 1.39. The maximum absolute atomic E-state index is 11.5. The molecule has 0 aliphatic heterocycles. The number of hydrogen-bond acceptors (Lipinski definition) is 4. The summed E-state index contributed by atoms with van der Waals surface area (Å²) in [5.74, 6) is 0.0348. The van der Waals surface area contributed by atoms with E-state index in [9.17, 15) is 4.79 Å². The molecule has 3 N–H and O–H groups in total. The number of carbonyl (C=O) groups excluding carboxylic acids is 1. The molecule has 88 valence electrons. The third kappa shape index (κ3) is 4.01. The maximum atomic E-state index is 11.5. The zero-order valence-electron chi connectivity index (χ0n) is 9.41. The van der Waals surface area contributed by atoms with Crippen LogP contribution >= 0.6 is 11.8 Å². The first-order valence-corrected chi connectivity index (χ1v) is 6.43. The van der Waals surface area contributed by atoms with Gasteiger partial charge in [0.05, 0.1) is 12.5 Å². The Morgan fingerprint density at radius 1 is 1.67 bits per heavy atom. The second-order valence-electron chi connectivity index (χ2n) is 3.96. The molecular weight excluding hydrogens is 212 g/mol. The molecule has 1 fully saturated rings. The number of thioether (sulfide) groups is 1. The number of nitrogens with one attached hydrogen (secondary N) is 1. The lowest BCUT2D eigenvalue weighted by Gasteiger charge is -2.15. The van der Waals surface area contributed by atoms with Gasteiger partial charge in [0.25, 0.3) is 0 Å². The van der Waals surface area contributed by atoms with Gasteiger partial charge in [0.2, 0.25) is 5.91 Å². The summed E-state index contributed by atoms with van der Waals surface area (Å²) in [5, 5.41) is 2.94. The van der Waals surface area contributed by atoms with Gasteiger partial charge in [-0.25, -0.2) is 0 Å². The van der Waals surface area contributed by atoms with E-state index in [1.54, 1.807) is 7.11 Å². The van der Waals surface area contributed by atoms with E-state index in [1.807, 2.05) is 11.8 Å². The van der Waals surface area contributed by atoms with Crippen molar-refractivity contribution >= 4 is 17.7 Å². The molecule has 0 spiro atoms. The topological polar surface area (TPSA) is 64.3 Å². The van der Waals surface area contributed by atoms with Crippen LogP contribution < -0.4 is 11.1 Å². The highest BCUT2D eigenvalue weighted by Crippen LogP contribution is 2.46. The van der Waals surface area contributed by atoms with E-state index in [0.717, 1.165) is 6.54 Å². The molecule has 1 atom stereocenters. The van der Waals surface area contributed by atoms with Crippen LogP contribution in [0.2, 0.25) is 0 Å². The van der Waals surface area contributed by atoms with Crippen LogP contribution in [-0.4, -0.2) is 43.2 Å². The van der Waals surface area contributed by atoms with Crippen molar-refractivity contribution in [2.75, 3.05) is 26.5 Å². The van der Waals surface area contributed by atoms with Gasteiger partial charge in [-0.2, -0.15) is 11.8 Å². The van der Waals surface area contributed by atoms with Crippen molar-refractivity contribution in [2.24, 2.45) is 5.73 Å². The highest BCUT2D eigenvalue weighted by atomic mass is 32.2. The van der Waals surface area contributed by atoms with Crippen molar-refractivity contribution in [2.45, 2.75) is 30.1 Å². The summed E-state index contributed by atoms with van der Waals surface area (Å²) < 4.78 is 5.37. The van der Waals surface area contributed by atoms with Gasteiger partial charge < -0.3 is 15.8 Å².